The molecule has 0 spiro atoms. The number of hydrogen-bond donors (Lipinski definition) is 2. The summed E-state index contributed by atoms with van der Waals surface area (Å²) in [5, 5.41) is 6.97. The maximum absolute atomic E-state index is 11.4. The number of amides is 2. The van der Waals surface area contributed by atoms with Crippen molar-refractivity contribution in [2.75, 3.05) is 13.7 Å². The van der Waals surface area contributed by atoms with Gasteiger partial charge in [0, 0.05) is 22.7 Å². The van der Waals surface area contributed by atoms with Crippen LogP contribution in [-0.4, -0.2) is 31.7 Å². The summed E-state index contributed by atoms with van der Waals surface area (Å²) >= 11 is 12.3. The van der Waals surface area contributed by atoms with Gasteiger partial charge in [0.25, 0.3) is 0 Å². The molecule has 0 saturated heterocycles. The first kappa shape index (κ1) is 21.5. The van der Waals surface area contributed by atoms with Gasteiger partial charge < -0.3 is 14.8 Å². The van der Waals surface area contributed by atoms with Gasteiger partial charge >= 0.3 is 11.8 Å². The van der Waals surface area contributed by atoms with Crippen LogP contribution in [0, 0.1) is 0 Å². The average Bonchev–Trinajstić information content (AvgIpc) is 2.68. The van der Waals surface area contributed by atoms with Crippen molar-refractivity contribution in [2.45, 2.75) is 13.5 Å². The molecule has 2 rings (SSSR count). The van der Waals surface area contributed by atoms with Crippen LogP contribution in [0.4, 0.5) is 0 Å². The highest BCUT2D eigenvalue weighted by molar-refractivity contribution is 6.36. The molecule has 2 amide bonds. The lowest BCUT2D eigenvalue weighted by atomic mass is 10.2. The number of halogens is 2. The number of hydrazone groups is 1. The van der Waals surface area contributed by atoms with Crippen LogP contribution in [0.2, 0.25) is 10.0 Å². The van der Waals surface area contributed by atoms with Gasteiger partial charge in [-0.1, -0.05) is 29.3 Å². The van der Waals surface area contributed by atoms with Gasteiger partial charge in [-0.05, 0) is 42.8 Å². The van der Waals surface area contributed by atoms with Gasteiger partial charge in [0.1, 0.15) is 6.61 Å². The number of likely N-dealkylation sites (N-methyl/N-ethyl adjacent to an activating group) is 1. The molecule has 0 saturated carbocycles. The minimum Gasteiger partial charge on any atom is -0.490 e. The lowest BCUT2D eigenvalue weighted by Gasteiger charge is -2.14. The largest absolute Gasteiger partial charge is 0.490 e. The molecule has 0 radical (unpaired) electrons. The van der Waals surface area contributed by atoms with Gasteiger partial charge in [-0.2, -0.15) is 5.10 Å². The Balaban J connectivity index is 2.11. The van der Waals surface area contributed by atoms with E-state index in [9.17, 15) is 9.59 Å². The molecule has 0 fully saturated rings. The minimum atomic E-state index is -0.861. The Bertz CT molecular complexity index is 867. The van der Waals surface area contributed by atoms with Crippen LogP contribution in [-0.2, 0) is 16.2 Å². The standard InChI is InChI=1S/C19H19Cl2N3O4/c1-3-27-17-9-12(10-23-24-19(26)18(25)22-2)7-8-16(17)28-11-13-14(20)5-4-6-15(13)21/h4-10H,3,11H2,1-2H3,(H,22,25)(H,24,26)/b23-10-. The molecular weight excluding hydrogens is 405 g/mol. The first-order valence-corrected chi connectivity index (χ1v) is 9.09. The van der Waals surface area contributed by atoms with E-state index < -0.39 is 11.8 Å². The molecule has 7 nitrogen and oxygen atoms in total. The summed E-state index contributed by atoms with van der Waals surface area (Å²) in [6, 6.07) is 10.4. The maximum Gasteiger partial charge on any atom is 0.329 e. The van der Waals surface area contributed by atoms with Crippen LogP contribution >= 0.6 is 23.2 Å². The second-order valence-electron chi connectivity index (χ2n) is 5.41. The summed E-state index contributed by atoms with van der Waals surface area (Å²) < 4.78 is 11.4. The fraction of sp³-hybridized carbons (Fsp3) is 0.211. The number of carbonyl (C=O) groups is 2. The zero-order chi connectivity index (χ0) is 20.5. The summed E-state index contributed by atoms with van der Waals surface area (Å²) in [5.74, 6) is -0.647. The fourth-order valence-corrected chi connectivity index (χ4v) is 2.65. The zero-order valence-corrected chi connectivity index (χ0v) is 16.8. The van der Waals surface area contributed by atoms with Crippen molar-refractivity contribution in [3.8, 4) is 11.5 Å². The van der Waals surface area contributed by atoms with Gasteiger partial charge in [-0.3, -0.25) is 9.59 Å². The fourth-order valence-electron chi connectivity index (χ4n) is 2.14. The summed E-state index contributed by atoms with van der Waals surface area (Å²) in [6.45, 7) is 2.45. The van der Waals surface area contributed by atoms with Crippen LogP contribution in [0.3, 0.4) is 0 Å². The lowest BCUT2D eigenvalue weighted by molar-refractivity contribution is -0.138. The second-order valence-corrected chi connectivity index (χ2v) is 6.22. The highest BCUT2D eigenvalue weighted by Crippen LogP contribution is 2.31. The van der Waals surface area contributed by atoms with E-state index in [0.717, 1.165) is 0 Å². The number of rotatable bonds is 7. The normalized spacial score (nSPS) is 10.6. The molecule has 2 N–H and O–H groups in total. The molecular formula is C19H19Cl2N3O4. The van der Waals surface area contributed by atoms with E-state index in [0.29, 0.717) is 39.3 Å². The number of benzene rings is 2. The predicted molar refractivity (Wildman–Crippen MR) is 108 cm³/mol. The Morgan fingerprint density at radius 3 is 2.43 bits per heavy atom. The SMILES string of the molecule is CCOc1cc(/C=N\NC(=O)C(=O)NC)ccc1OCc1c(Cl)cccc1Cl. The predicted octanol–water partition coefficient (Wildman–Crippen LogP) is 3.17. The van der Waals surface area contributed by atoms with E-state index in [2.05, 4.69) is 15.8 Å². The Morgan fingerprint density at radius 1 is 1.07 bits per heavy atom. The van der Waals surface area contributed by atoms with E-state index in [-0.39, 0.29) is 6.61 Å². The summed E-state index contributed by atoms with van der Waals surface area (Å²) in [6.07, 6.45) is 1.39. The number of carbonyl (C=O) groups excluding carboxylic acids is 2. The zero-order valence-electron chi connectivity index (χ0n) is 15.3. The third kappa shape index (κ3) is 5.87. The molecule has 0 aromatic heterocycles. The lowest BCUT2D eigenvalue weighted by Crippen LogP contribution is -2.35. The van der Waals surface area contributed by atoms with Gasteiger partial charge in [0.2, 0.25) is 0 Å². The van der Waals surface area contributed by atoms with E-state index >= 15 is 0 Å². The first-order chi connectivity index (χ1) is 13.5. The van der Waals surface area contributed by atoms with E-state index in [1.54, 1.807) is 36.4 Å². The molecule has 2 aromatic carbocycles. The van der Waals surface area contributed by atoms with Crippen molar-refractivity contribution >= 4 is 41.2 Å². The van der Waals surface area contributed by atoms with E-state index in [4.69, 9.17) is 32.7 Å². The third-order valence-electron chi connectivity index (χ3n) is 3.51. The molecule has 0 heterocycles. The van der Waals surface area contributed by atoms with Crippen molar-refractivity contribution in [2.24, 2.45) is 5.10 Å². The molecule has 28 heavy (non-hydrogen) atoms. The highest BCUT2D eigenvalue weighted by Gasteiger charge is 2.11. The Morgan fingerprint density at radius 2 is 1.79 bits per heavy atom. The van der Waals surface area contributed by atoms with Gasteiger partial charge in [0.15, 0.2) is 11.5 Å². The first-order valence-electron chi connectivity index (χ1n) is 8.34. The summed E-state index contributed by atoms with van der Waals surface area (Å²) in [5.41, 5.74) is 3.44. The molecule has 9 heteroatoms. The number of hydrogen-bond acceptors (Lipinski definition) is 5. The number of ether oxygens (including phenoxy) is 2. The minimum absolute atomic E-state index is 0.175. The quantitative estimate of drug-likeness (QED) is 0.406. The molecule has 0 bridgehead atoms. The Kier molecular flexibility index (Phi) is 8.10. The molecule has 0 unspecified atom stereocenters. The number of nitrogens with one attached hydrogen (secondary N) is 2. The van der Waals surface area contributed by atoms with Gasteiger partial charge in [-0.25, -0.2) is 5.43 Å². The monoisotopic (exact) mass is 423 g/mol. The molecule has 0 atom stereocenters. The summed E-state index contributed by atoms with van der Waals surface area (Å²) in [7, 11) is 1.36. The van der Waals surface area contributed by atoms with Crippen molar-refractivity contribution < 1.29 is 19.1 Å². The van der Waals surface area contributed by atoms with Crippen molar-refractivity contribution in [3.63, 3.8) is 0 Å². The molecule has 148 valence electrons. The van der Waals surface area contributed by atoms with Crippen molar-refractivity contribution in [1.82, 2.24) is 10.7 Å². The molecule has 0 aliphatic rings. The summed E-state index contributed by atoms with van der Waals surface area (Å²) in [4.78, 5) is 22.5. The number of nitrogens with zero attached hydrogens (tertiary/aromatic N) is 1. The van der Waals surface area contributed by atoms with Crippen LogP contribution in [0.5, 0.6) is 11.5 Å². The van der Waals surface area contributed by atoms with Gasteiger partial charge in [-0.15, -0.1) is 0 Å². The third-order valence-corrected chi connectivity index (χ3v) is 4.22. The van der Waals surface area contributed by atoms with Crippen LogP contribution < -0.4 is 20.2 Å². The average molecular weight is 424 g/mol. The van der Waals surface area contributed by atoms with Crippen LogP contribution in [0.1, 0.15) is 18.1 Å². The molecule has 2 aromatic rings. The molecule has 0 aliphatic carbocycles. The molecule has 0 aliphatic heterocycles. The maximum atomic E-state index is 11.4. The van der Waals surface area contributed by atoms with Crippen LogP contribution in [0.25, 0.3) is 0 Å². The second kappa shape index (κ2) is 10.5. The smallest absolute Gasteiger partial charge is 0.329 e. The van der Waals surface area contributed by atoms with E-state index in [1.807, 2.05) is 6.92 Å². The van der Waals surface area contributed by atoms with Crippen molar-refractivity contribution in [3.05, 3.63) is 57.6 Å². The van der Waals surface area contributed by atoms with Crippen LogP contribution in [0.15, 0.2) is 41.5 Å². The topological polar surface area (TPSA) is 89.0 Å². The van der Waals surface area contributed by atoms with Gasteiger partial charge in [0.05, 0.1) is 12.8 Å². The Hall–Kier alpha value is -2.77. The highest BCUT2D eigenvalue weighted by atomic mass is 35.5. The van der Waals surface area contributed by atoms with Crippen molar-refractivity contribution in [1.29, 1.82) is 0 Å². The Labute approximate surface area is 172 Å². The van der Waals surface area contributed by atoms with E-state index in [1.165, 1.54) is 13.3 Å².